The Morgan fingerprint density at radius 3 is 2.75 bits per heavy atom. The molecule has 6 heteroatoms. The number of allylic oxidation sites excluding steroid dienone is 1. The Bertz CT molecular complexity index is 271. The molecule has 66 valence electrons. The minimum absolute atomic E-state index is 0.0447. The number of hydrogen-bond acceptors (Lipinski definition) is 5. The fourth-order valence-electron chi connectivity index (χ4n) is 0.917. The van der Waals surface area contributed by atoms with Gasteiger partial charge in [-0.05, 0) is 0 Å². The average molecular weight is 170 g/mol. The van der Waals surface area contributed by atoms with E-state index >= 15 is 0 Å². The van der Waals surface area contributed by atoms with Crippen LogP contribution < -0.4 is 11.5 Å². The van der Waals surface area contributed by atoms with Crippen LogP contribution in [-0.4, -0.2) is 23.0 Å². The second kappa shape index (κ2) is 2.82. The van der Waals surface area contributed by atoms with Gasteiger partial charge in [-0.25, -0.2) is 0 Å². The van der Waals surface area contributed by atoms with Crippen molar-refractivity contribution < 1.29 is 4.92 Å². The summed E-state index contributed by atoms with van der Waals surface area (Å²) in [6.45, 7) is 0. The van der Waals surface area contributed by atoms with Crippen LogP contribution in [0, 0.1) is 10.1 Å². The lowest BCUT2D eigenvalue weighted by Crippen LogP contribution is -2.42. The van der Waals surface area contributed by atoms with Gasteiger partial charge in [0.25, 0.3) is 5.70 Å². The van der Waals surface area contributed by atoms with Crippen LogP contribution in [0.4, 0.5) is 0 Å². The van der Waals surface area contributed by atoms with Crippen LogP contribution >= 0.6 is 0 Å². The molecular weight excluding hydrogens is 160 g/mol. The molecule has 1 aliphatic rings. The highest BCUT2D eigenvalue weighted by Gasteiger charge is 2.21. The summed E-state index contributed by atoms with van der Waals surface area (Å²) >= 11 is 0. The lowest BCUT2D eigenvalue weighted by Gasteiger charge is -2.25. The normalized spacial score (nSPS) is 23.2. The fraction of sp³-hybridized carbons (Fsp3) is 0.333. The van der Waals surface area contributed by atoms with Gasteiger partial charge in [0.05, 0.1) is 16.8 Å². The Hall–Kier alpha value is -1.56. The molecule has 0 fully saturated rings. The standard InChI is InChI=1S/C6H10N4O2/c1-9-3-4(10(11)12)2-5(7)6(9)8/h2-3,6H,7-8H2,1H3. The molecule has 1 unspecified atom stereocenters. The van der Waals surface area contributed by atoms with E-state index in [0.717, 1.165) is 0 Å². The molecule has 0 aromatic rings. The number of nitrogens with two attached hydrogens (primary N) is 2. The smallest absolute Gasteiger partial charge is 0.287 e. The third kappa shape index (κ3) is 1.37. The van der Waals surface area contributed by atoms with E-state index in [4.69, 9.17) is 11.5 Å². The van der Waals surface area contributed by atoms with E-state index in [-0.39, 0.29) is 5.70 Å². The van der Waals surface area contributed by atoms with Crippen LogP contribution in [0.15, 0.2) is 23.7 Å². The highest BCUT2D eigenvalue weighted by atomic mass is 16.6. The second-order valence-electron chi connectivity index (χ2n) is 2.57. The van der Waals surface area contributed by atoms with Crippen molar-refractivity contribution in [3.05, 3.63) is 33.8 Å². The maximum absolute atomic E-state index is 10.3. The molecule has 0 saturated heterocycles. The molecule has 1 atom stereocenters. The number of likely N-dealkylation sites (N-methyl/N-ethyl adjacent to an activating group) is 1. The molecule has 1 aliphatic heterocycles. The van der Waals surface area contributed by atoms with Crippen molar-refractivity contribution in [3.63, 3.8) is 0 Å². The van der Waals surface area contributed by atoms with Crippen molar-refractivity contribution in [1.82, 2.24) is 4.90 Å². The van der Waals surface area contributed by atoms with Gasteiger partial charge < -0.3 is 16.4 Å². The third-order valence-corrected chi connectivity index (χ3v) is 1.64. The molecule has 12 heavy (non-hydrogen) atoms. The van der Waals surface area contributed by atoms with Crippen LogP contribution in [0.25, 0.3) is 0 Å². The molecule has 0 aromatic heterocycles. The summed E-state index contributed by atoms with van der Waals surface area (Å²) in [5, 5.41) is 10.3. The number of rotatable bonds is 1. The summed E-state index contributed by atoms with van der Waals surface area (Å²) < 4.78 is 0. The Morgan fingerprint density at radius 1 is 1.75 bits per heavy atom. The predicted octanol–water partition coefficient (Wildman–Crippen LogP) is -0.823. The minimum Gasteiger partial charge on any atom is -0.399 e. The molecule has 1 rings (SSSR count). The monoisotopic (exact) mass is 170 g/mol. The molecule has 1 heterocycles. The van der Waals surface area contributed by atoms with Gasteiger partial charge in [-0.1, -0.05) is 0 Å². The first-order valence-electron chi connectivity index (χ1n) is 3.33. The summed E-state index contributed by atoms with van der Waals surface area (Å²) in [6, 6.07) is 0. The van der Waals surface area contributed by atoms with Gasteiger partial charge in [0, 0.05) is 13.1 Å². The number of nitrogens with zero attached hydrogens (tertiary/aromatic N) is 2. The summed E-state index contributed by atoms with van der Waals surface area (Å²) in [6.07, 6.45) is 2.15. The van der Waals surface area contributed by atoms with E-state index in [1.165, 1.54) is 17.2 Å². The molecule has 0 amide bonds. The number of nitro groups is 1. The molecule has 4 N–H and O–H groups in total. The average Bonchev–Trinajstić information content (AvgIpc) is 1.99. The lowest BCUT2D eigenvalue weighted by atomic mass is 10.2. The highest BCUT2D eigenvalue weighted by molar-refractivity contribution is 5.23. The molecule has 0 bridgehead atoms. The largest absolute Gasteiger partial charge is 0.399 e. The SMILES string of the molecule is CN1C=C([N+](=O)[O-])C=C(N)C1N. The van der Waals surface area contributed by atoms with Gasteiger partial charge in [0.15, 0.2) is 0 Å². The van der Waals surface area contributed by atoms with E-state index in [9.17, 15) is 10.1 Å². The van der Waals surface area contributed by atoms with Crippen molar-refractivity contribution in [2.75, 3.05) is 7.05 Å². The van der Waals surface area contributed by atoms with Crippen molar-refractivity contribution in [1.29, 1.82) is 0 Å². The van der Waals surface area contributed by atoms with Crippen molar-refractivity contribution in [2.45, 2.75) is 6.17 Å². The maximum atomic E-state index is 10.3. The number of hydrogen-bond donors (Lipinski definition) is 2. The Morgan fingerprint density at radius 2 is 2.33 bits per heavy atom. The molecule has 6 nitrogen and oxygen atoms in total. The fourth-order valence-corrected chi connectivity index (χ4v) is 0.917. The van der Waals surface area contributed by atoms with Gasteiger partial charge in [0.1, 0.15) is 6.17 Å². The van der Waals surface area contributed by atoms with E-state index in [1.54, 1.807) is 7.05 Å². The van der Waals surface area contributed by atoms with Crippen molar-refractivity contribution >= 4 is 0 Å². The summed E-state index contributed by atoms with van der Waals surface area (Å²) in [7, 11) is 1.63. The molecule has 0 radical (unpaired) electrons. The van der Waals surface area contributed by atoms with E-state index < -0.39 is 11.1 Å². The van der Waals surface area contributed by atoms with E-state index in [1.807, 2.05) is 0 Å². The second-order valence-corrected chi connectivity index (χ2v) is 2.57. The molecule has 0 saturated carbocycles. The molecule has 0 spiro atoms. The topological polar surface area (TPSA) is 98.4 Å². The quantitative estimate of drug-likeness (QED) is 0.395. The highest BCUT2D eigenvalue weighted by Crippen LogP contribution is 2.12. The van der Waals surface area contributed by atoms with Crippen LogP contribution in [0.3, 0.4) is 0 Å². The van der Waals surface area contributed by atoms with Crippen molar-refractivity contribution in [2.24, 2.45) is 11.5 Å². The molecule has 0 aliphatic carbocycles. The molecule has 0 aromatic carbocycles. The first-order chi connectivity index (χ1) is 5.52. The Kier molecular flexibility index (Phi) is 2.01. The van der Waals surface area contributed by atoms with Crippen LogP contribution in [0.2, 0.25) is 0 Å². The van der Waals surface area contributed by atoms with Gasteiger partial charge in [-0.2, -0.15) is 0 Å². The van der Waals surface area contributed by atoms with E-state index in [2.05, 4.69) is 0 Å². The lowest BCUT2D eigenvalue weighted by molar-refractivity contribution is -0.420. The zero-order valence-corrected chi connectivity index (χ0v) is 6.60. The third-order valence-electron chi connectivity index (χ3n) is 1.64. The zero-order valence-electron chi connectivity index (χ0n) is 6.60. The van der Waals surface area contributed by atoms with Crippen LogP contribution in [-0.2, 0) is 0 Å². The molecular formula is C6H10N4O2. The summed E-state index contributed by atoms with van der Waals surface area (Å²) in [5.74, 6) is 0. The predicted molar refractivity (Wildman–Crippen MR) is 43.1 cm³/mol. The first kappa shape index (κ1) is 8.54. The summed E-state index contributed by atoms with van der Waals surface area (Å²) in [4.78, 5) is 11.3. The maximum Gasteiger partial charge on any atom is 0.287 e. The van der Waals surface area contributed by atoms with E-state index in [0.29, 0.717) is 5.70 Å². The van der Waals surface area contributed by atoms with Gasteiger partial charge in [-0.3, -0.25) is 10.1 Å². The van der Waals surface area contributed by atoms with Crippen LogP contribution in [0.5, 0.6) is 0 Å². The minimum atomic E-state index is -0.505. The van der Waals surface area contributed by atoms with Gasteiger partial charge >= 0.3 is 0 Å². The zero-order chi connectivity index (χ0) is 9.30. The van der Waals surface area contributed by atoms with Gasteiger partial charge in [0.2, 0.25) is 0 Å². The van der Waals surface area contributed by atoms with Crippen LogP contribution in [0.1, 0.15) is 0 Å². The summed E-state index contributed by atoms with van der Waals surface area (Å²) in [5.41, 5.74) is 11.2. The Labute approximate surface area is 69.3 Å². The Balaban J connectivity index is 2.95. The van der Waals surface area contributed by atoms with Crippen molar-refractivity contribution in [3.8, 4) is 0 Å². The first-order valence-corrected chi connectivity index (χ1v) is 3.33. The van der Waals surface area contributed by atoms with Gasteiger partial charge in [-0.15, -0.1) is 0 Å².